The van der Waals surface area contributed by atoms with Crippen molar-refractivity contribution in [1.82, 2.24) is 4.98 Å². The molecule has 0 saturated carbocycles. The van der Waals surface area contributed by atoms with Crippen LogP contribution in [0.15, 0.2) is 30.5 Å². The van der Waals surface area contributed by atoms with Crippen LogP contribution in [0.3, 0.4) is 0 Å². The predicted octanol–water partition coefficient (Wildman–Crippen LogP) is 2.06. The summed E-state index contributed by atoms with van der Waals surface area (Å²) in [6.45, 7) is 0. The Morgan fingerprint density at radius 1 is 1.44 bits per heavy atom. The largest absolute Gasteiger partial charge is 0.481 e. The van der Waals surface area contributed by atoms with E-state index in [1.807, 2.05) is 24.3 Å². The van der Waals surface area contributed by atoms with Crippen molar-refractivity contribution in [3.63, 3.8) is 0 Å². The first-order valence-corrected chi connectivity index (χ1v) is 5.72. The van der Waals surface area contributed by atoms with E-state index in [-0.39, 0.29) is 5.56 Å². The van der Waals surface area contributed by atoms with Gasteiger partial charge in [-0.3, -0.25) is 9.78 Å². The Morgan fingerprint density at radius 3 is 2.88 bits per heavy atom. The van der Waals surface area contributed by atoms with E-state index in [4.69, 9.17) is 10.5 Å². The van der Waals surface area contributed by atoms with Gasteiger partial charge in [0.25, 0.3) is 5.91 Å². The first-order chi connectivity index (χ1) is 7.74. The Labute approximate surface area is 101 Å². The summed E-state index contributed by atoms with van der Waals surface area (Å²) in [7, 11) is 0. The molecule has 2 N–H and O–H groups in total. The minimum Gasteiger partial charge on any atom is -0.481 e. The molecule has 1 aromatic carbocycles. The van der Waals surface area contributed by atoms with E-state index in [1.54, 1.807) is 0 Å². The van der Waals surface area contributed by atoms with E-state index >= 15 is 0 Å². The third kappa shape index (κ3) is 1.86. The van der Waals surface area contributed by atoms with Gasteiger partial charge in [0.1, 0.15) is 16.8 Å². The molecular formula is C11H9BrN2O2. The van der Waals surface area contributed by atoms with Crippen LogP contribution in [0.5, 0.6) is 5.75 Å². The van der Waals surface area contributed by atoms with E-state index in [0.717, 1.165) is 10.9 Å². The van der Waals surface area contributed by atoms with Crippen molar-refractivity contribution in [2.75, 3.05) is 5.52 Å². The van der Waals surface area contributed by atoms with Crippen LogP contribution >= 0.6 is 15.9 Å². The molecule has 0 saturated heterocycles. The predicted molar refractivity (Wildman–Crippen MR) is 64.7 cm³/mol. The maximum atomic E-state index is 11.2. The summed E-state index contributed by atoms with van der Waals surface area (Å²) in [6.07, 6.45) is 1.43. The lowest BCUT2D eigenvalue weighted by Gasteiger charge is -2.09. The van der Waals surface area contributed by atoms with E-state index in [1.165, 1.54) is 6.20 Å². The van der Waals surface area contributed by atoms with Gasteiger partial charge in [-0.1, -0.05) is 12.1 Å². The number of carbonyl (C=O) groups is 1. The second-order valence-corrected chi connectivity index (χ2v) is 3.59. The summed E-state index contributed by atoms with van der Waals surface area (Å²) < 4.78 is 5.39. The molecule has 2 aromatic rings. The van der Waals surface area contributed by atoms with Gasteiger partial charge < -0.3 is 10.5 Å². The number of ether oxygens (including phenoxy) is 1. The number of para-hydroxylation sites is 1. The molecule has 0 fully saturated rings. The normalized spacial score (nSPS) is 10.3. The van der Waals surface area contributed by atoms with E-state index in [9.17, 15) is 4.79 Å². The Bertz CT molecular complexity index is 542. The number of carbonyl (C=O) groups excluding carboxylic acids is 1. The Hall–Kier alpha value is -1.62. The molecule has 82 valence electrons. The molecule has 1 amide bonds. The summed E-state index contributed by atoms with van der Waals surface area (Å²) in [5, 5.41) is 0.776. The molecule has 0 aliphatic carbocycles. The van der Waals surface area contributed by atoms with Gasteiger partial charge >= 0.3 is 0 Å². The van der Waals surface area contributed by atoms with E-state index in [0.29, 0.717) is 11.3 Å². The number of pyridine rings is 1. The van der Waals surface area contributed by atoms with Gasteiger partial charge in [-0.2, -0.15) is 0 Å². The summed E-state index contributed by atoms with van der Waals surface area (Å²) in [5.74, 6) is -0.0795. The molecule has 0 aliphatic rings. The number of alkyl halides is 1. The highest BCUT2D eigenvalue weighted by atomic mass is 79.9. The average molecular weight is 281 g/mol. The van der Waals surface area contributed by atoms with Gasteiger partial charge in [0.05, 0.1) is 5.52 Å². The number of hydrogen-bond acceptors (Lipinski definition) is 3. The molecule has 16 heavy (non-hydrogen) atoms. The first kappa shape index (κ1) is 10.9. The molecule has 5 heteroatoms. The van der Waals surface area contributed by atoms with Gasteiger partial charge in [0.15, 0.2) is 0 Å². The fourth-order valence-electron chi connectivity index (χ4n) is 1.50. The second-order valence-electron chi connectivity index (χ2n) is 3.14. The van der Waals surface area contributed by atoms with Gasteiger partial charge in [-0.15, -0.1) is 0 Å². The van der Waals surface area contributed by atoms with Crippen molar-refractivity contribution in [3.05, 3.63) is 36.0 Å². The standard InChI is InChI=1S/C11H9BrN2O2/c12-6-16-10-7-3-1-2-4-9(7)14-5-8(10)11(13)15/h1-5H,6H2,(H2,13,15). The van der Waals surface area contributed by atoms with Crippen molar-refractivity contribution < 1.29 is 9.53 Å². The van der Waals surface area contributed by atoms with Gasteiger partial charge in [-0.05, 0) is 28.1 Å². The van der Waals surface area contributed by atoms with E-state index in [2.05, 4.69) is 20.9 Å². The molecule has 0 unspecified atom stereocenters. The number of primary amides is 1. The number of benzene rings is 1. The number of hydrogen-bond donors (Lipinski definition) is 1. The molecule has 1 aromatic heterocycles. The average Bonchev–Trinajstić information content (AvgIpc) is 2.29. The van der Waals surface area contributed by atoms with Crippen molar-refractivity contribution >= 4 is 32.7 Å². The first-order valence-electron chi connectivity index (χ1n) is 4.60. The SMILES string of the molecule is NC(=O)c1cnc2ccccc2c1OCBr. The lowest BCUT2D eigenvalue weighted by molar-refractivity contribution is 0.0997. The van der Waals surface area contributed by atoms with Gasteiger partial charge in [0, 0.05) is 11.6 Å². The van der Waals surface area contributed by atoms with Crippen LogP contribution in [-0.4, -0.2) is 16.4 Å². The fraction of sp³-hybridized carbons (Fsp3) is 0.0909. The summed E-state index contributed by atoms with van der Waals surface area (Å²) in [4.78, 5) is 15.4. The molecule has 0 aliphatic heterocycles. The third-order valence-corrected chi connectivity index (χ3v) is 2.42. The van der Waals surface area contributed by atoms with Crippen LogP contribution < -0.4 is 10.5 Å². The number of fused-ring (bicyclic) bond motifs is 1. The summed E-state index contributed by atoms with van der Waals surface area (Å²) in [5.41, 5.74) is 6.61. The Morgan fingerprint density at radius 2 is 2.19 bits per heavy atom. The minimum absolute atomic E-state index is 0.290. The van der Waals surface area contributed by atoms with Crippen LogP contribution in [-0.2, 0) is 0 Å². The smallest absolute Gasteiger partial charge is 0.254 e. The zero-order valence-corrected chi connectivity index (χ0v) is 9.90. The van der Waals surface area contributed by atoms with Gasteiger partial charge in [0.2, 0.25) is 0 Å². The Kier molecular flexibility index (Phi) is 3.05. The topological polar surface area (TPSA) is 65.2 Å². The van der Waals surface area contributed by atoms with Crippen molar-refractivity contribution in [3.8, 4) is 5.75 Å². The number of nitrogens with zero attached hydrogens (tertiary/aromatic N) is 1. The zero-order valence-electron chi connectivity index (χ0n) is 8.31. The van der Waals surface area contributed by atoms with Crippen LogP contribution in [0.1, 0.15) is 10.4 Å². The second kappa shape index (κ2) is 4.49. The summed E-state index contributed by atoms with van der Waals surface area (Å²) in [6, 6.07) is 7.42. The van der Waals surface area contributed by atoms with Crippen molar-refractivity contribution in [2.45, 2.75) is 0 Å². The number of aromatic nitrogens is 1. The lowest BCUT2D eigenvalue weighted by atomic mass is 10.1. The molecule has 0 spiro atoms. The molecule has 1 heterocycles. The molecular weight excluding hydrogens is 272 g/mol. The number of amides is 1. The highest BCUT2D eigenvalue weighted by Gasteiger charge is 2.13. The molecule has 0 atom stereocenters. The number of halogens is 1. The minimum atomic E-state index is -0.547. The Balaban J connectivity index is 2.73. The number of rotatable bonds is 3. The maximum Gasteiger partial charge on any atom is 0.254 e. The van der Waals surface area contributed by atoms with Crippen LogP contribution in [0, 0.1) is 0 Å². The van der Waals surface area contributed by atoms with Crippen molar-refractivity contribution in [2.24, 2.45) is 5.73 Å². The monoisotopic (exact) mass is 280 g/mol. The highest BCUT2D eigenvalue weighted by molar-refractivity contribution is 9.09. The number of nitrogens with two attached hydrogens (primary N) is 1. The third-order valence-electron chi connectivity index (χ3n) is 2.19. The molecule has 0 radical (unpaired) electrons. The lowest BCUT2D eigenvalue weighted by Crippen LogP contribution is -2.13. The summed E-state index contributed by atoms with van der Waals surface area (Å²) >= 11 is 3.16. The quantitative estimate of drug-likeness (QED) is 0.876. The highest BCUT2D eigenvalue weighted by Crippen LogP contribution is 2.28. The van der Waals surface area contributed by atoms with E-state index < -0.39 is 5.91 Å². The fourth-order valence-corrected chi connectivity index (χ4v) is 1.73. The van der Waals surface area contributed by atoms with Crippen LogP contribution in [0.4, 0.5) is 0 Å². The van der Waals surface area contributed by atoms with Gasteiger partial charge in [-0.25, -0.2) is 0 Å². The van der Waals surface area contributed by atoms with Crippen LogP contribution in [0.2, 0.25) is 0 Å². The molecule has 4 nitrogen and oxygen atoms in total. The molecule has 2 rings (SSSR count). The van der Waals surface area contributed by atoms with Crippen molar-refractivity contribution in [1.29, 1.82) is 0 Å². The zero-order chi connectivity index (χ0) is 11.5. The maximum absolute atomic E-state index is 11.2. The van der Waals surface area contributed by atoms with Crippen LogP contribution in [0.25, 0.3) is 10.9 Å². The molecule has 0 bridgehead atoms.